The second-order valence-corrected chi connectivity index (χ2v) is 5.90. The third-order valence-corrected chi connectivity index (χ3v) is 4.08. The molecule has 0 aliphatic heterocycles. The van der Waals surface area contributed by atoms with Crippen LogP contribution < -0.4 is 0 Å². The molecule has 0 heterocycles. The minimum absolute atomic E-state index is 0.119. The van der Waals surface area contributed by atoms with Crippen LogP contribution in [0.5, 0.6) is 0 Å². The van der Waals surface area contributed by atoms with Gasteiger partial charge in [0.1, 0.15) is 12.9 Å². The van der Waals surface area contributed by atoms with Gasteiger partial charge in [-0.05, 0) is 26.2 Å². The van der Waals surface area contributed by atoms with Crippen molar-refractivity contribution in [3.63, 3.8) is 0 Å². The summed E-state index contributed by atoms with van der Waals surface area (Å²) in [5, 5.41) is 0. The molecule has 1 rings (SSSR count). The van der Waals surface area contributed by atoms with Gasteiger partial charge in [-0.1, -0.05) is 13.0 Å². The number of halogens is 6. The van der Waals surface area contributed by atoms with Gasteiger partial charge in [-0.3, -0.25) is 0 Å². The summed E-state index contributed by atoms with van der Waals surface area (Å²) in [6.07, 6.45) is -13.3. The number of carbonyl (C=O) groups is 1. The topological polar surface area (TPSA) is 44.8 Å². The van der Waals surface area contributed by atoms with Crippen molar-refractivity contribution in [3.05, 3.63) is 12.2 Å². The zero-order valence-electron chi connectivity index (χ0n) is 13.8. The maximum atomic E-state index is 13.6. The van der Waals surface area contributed by atoms with Crippen LogP contribution in [0.1, 0.15) is 32.6 Å². The predicted octanol–water partition coefficient (Wildman–Crippen LogP) is 4.15. The van der Waals surface area contributed by atoms with E-state index in [0.29, 0.717) is 6.42 Å². The van der Waals surface area contributed by atoms with Crippen LogP contribution in [-0.2, 0) is 19.0 Å². The van der Waals surface area contributed by atoms with Crippen molar-refractivity contribution in [3.8, 4) is 0 Å². The van der Waals surface area contributed by atoms with E-state index in [1.165, 1.54) is 6.92 Å². The highest BCUT2D eigenvalue weighted by Crippen LogP contribution is 2.54. The molecule has 10 heteroatoms. The Morgan fingerprint density at radius 1 is 1.08 bits per heavy atom. The van der Waals surface area contributed by atoms with Gasteiger partial charge >= 0.3 is 18.3 Å². The van der Waals surface area contributed by atoms with Gasteiger partial charge in [0, 0.05) is 18.6 Å². The molecule has 0 spiro atoms. The lowest BCUT2D eigenvalue weighted by Gasteiger charge is -2.46. The SMILES string of the molecule is C=C(C)C(=O)OC1CCCCC1C(OCOC)(C(F)(F)F)C(F)(F)F. The van der Waals surface area contributed by atoms with E-state index in [1.54, 1.807) is 0 Å². The number of esters is 1. The molecule has 1 saturated carbocycles. The second kappa shape index (κ2) is 7.94. The molecule has 0 bridgehead atoms. The lowest BCUT2D eigenvalue weighted by atomic mass is 9.73. The average Bonchev–Trinajstić information content (AvgIpc) is 2.46. The van der Waals surface area contributed by atoms with Gasteiger partial charge in [-0.15, -0.1) is 0 Å². The average molecular weight is 378 g/mol. The first kappa shape index (κ1) is 21.8. The summed E-state index contributed by atoms with van der Waals surface area (Å²) in [7, 11) is 0.914. The van der Waals surface area contributed by atoms with Gasteiger partial charge in [-0.25, -0.2) is 4.79 Å². The molecule has 2 unspecified atom stereocenters. The van der Waals surface area contributed by atoms with Crippen molar-refractivity contribution in [2.24, 2.45) is 5.92 Å². The Hall–Kier alpha value is -1.29. The molecular formula is C15H20F6O4. The number of alkyl halides is 6. The number of carbonyl (C=O) groups excluding carboxylic acids is 1. The van der Waals surface area contributed by atoms with E-state index >= 15 is 0 Å². The first-order valence-corrected chi connectivity index (χ1v) is 7.51. The minimum atomic E-state index is -5.78. The fraction of sp³-hybridized carbons (Fsp3) is 0.800. The van der Waals surface area contributed by atoms with Crippen molar-refractivity contribution in [1.82, 2.24) is 0 Å². The van der Waals surface area contributed by atoms with Crippen molar-refractivity contribution in [2.75, 3.05) is 13.9 Å². The smallest absolute Gasteiger partial charge is 0.427 e. The summed E-state index contributed by atoms with van der Waals surface area (Å²) in [6, 6.07) is 0. The summed E-state index contributed by atoms with van der Waals surface area (Å²) in [4.78, 5) is 11.6. The first-order chi connectivity index (χ1) is 11.4. The molecule has 4 nitrogen and oxygen atoms in total. The van der Waals surface area contributed by atoms with Crippen LogP contribution in [0.4, 0.5) is 26.3 Å². The van der Waals surface area contributed by atoms with Gasteiger partial charge in [0.2, 0.25) is 0 Å². The lowest BCUT2D eigenvalue weighted by molar-refractivity contribution is -0.415. The van der Waals surface area contributed by atoms with Crippen LogP contribution >= 0.6 is 0 Å². The van der Waals surface area contributed by atoms with Crippen LogP contribution in [0.15, 0.2) is 12.2 Å². The van der Waals surface area contributed by atoms with Gasteiger partial charge in [-0.2, -0.15) is 26.3 Å². The minimum Gasteiger partial charge on any atom is -0.459 e. The molecule has 1 fully saturated rings. The molecule has 1 aliphatic rings. The fourth-order valence-corrected chi connectivity index (χ4v) is 2.94. The summed E-state index contributed by atoms with van der Waals surface area (Å²) < 4.78 is 94.9. The highest BCUT2D eigenvalue weighted by atomic mass is 19.4. The lowest BCUT2D eigenvalue weighted by Crippen LogP contribution is -2.66. The molecule has 0 aromatic rings. The maximum absolute atomic E-state index is 13.6. The Morgan fingerprint density at radius 2 is 1.60 bits per heavy atom. The normalized spacial score (nSPS) is 22.6. The maximum Gasteiger partial charge on any atom is 0.427 e. The number of rotatable bonds is 6. The van der Waals surface area contributed by atoms with Crippen LogP contribution in [0.3, 0.4) is 0 Å². The molecule has 0 N–H and O–H groups in total. The van der Waals surface area contributed by atoms with Crippen LogP contribution in [0, 0.1) is 5.92 Å². The highest BCUT2D eigenvalue weighted by Gasteiger charge is 2.77. The largest absolute Gasteiger partial charge is 0.459 e. The van der Waals surface area contributed by atoms with E-state index in [4.69, 9.17) is 4.74 Å². The van der Waals surface area contributed by atoms with Crippen LogP contribution in [-0.4, -0.2) is 43.9 Å². The van der Waals surface area contributed by atoms with E-state index in [1.807, 2.05) is 0 Å². The third kappa shape index (κ3) is 4.46. The van der Waals surface area contributed by atoms with Crippen LogP contribution in [0.2, 0.25) is 0 Å². The Labute approximate surface area is 141 Å². The van der Waals surface area contributed by atoms with Gasteiger partial charge in [0.25, 0.3) is 5.60 Å². The Morgan fingerprint density at radius 3 is 2.04 bits per heavy atom. The molecule has 1 aliphatic carbocycles. The molecule has 0 saturated heterocycles. The van der Waals surface area contributed by atoms with Crippen molar-refractivity contribution in [2.45, 2.75) is 56.7 Å². The van der Waals surface area contributed by atoms with E-state index in [2.05, 4.69) is 16.1 Å². The Bertz CT molecular complexity index is 471. The van der Waals surface area contributed by atoms with E-state index in [9.17, 15) is 31.1 Å². The monoisotopic (exact) mass is 378 g/mol. The molecule has 0 aromatic carbocycles. The number of methoxy groups -OCH3 is 1. The zero-order chi connectivity index (χ0) is 19.5. The van der Waals surface area contributed by atoms with E-state index in [-0.39, 0.29) is 18.4 Å². The first-order valence-electron chi connectivity index (χ1n) is 7.51. The predicted molar refractivity (Wildman–Crippen MR) is 74.5 cm³/mol. The summed E-state index contributed by atoms with van der Waals surface area (Å²) in [5.74, 6) is -3.18. The Balaban J connectivity index is 3.37. The van der Waals surface area contributed by atoms with Crippen molar-refractivity contribution >= 4 is 5.97 Å². The van der Waals surface area contributed by atoms with Crippen molar-refractivity contribution in [1.29, 1.82) is 0 Å². The number of hydrogen-bond donors (Lipinski definition) is 0. The quantitative estimate of drug-likeness (QED) is 0.302. The molecule has 0 aromatic heterocycles. The number of ether oxygens (including phenoxy) is 3. The van der Waals surface area contributed by atoms with E-state index < -0.39 is 49.2 Å². The highest BCUT2D eigenvalue weighted by molar-refractivity contribution is 5.87. The summed E-state index contributed by atoms with van der Waals surface area (Å²) >= 11 is 0. The number of hydrogen-bond acceptors (Lipinski definition) is 4. The fourth-order valence-electron chi connectivity index (χ4n) is 2.94. The van der Waals surface area contributed by atoms with Crippen LogP contribution in [0.25, 0.3) is 0 Å². The standard InChI is InChI=1S/C15H20F6O4/c1-9(2)12(22)25-11-7-5-4-6-10(11)13(14(16,17)18,15(19,20)21)24-8-23-3/h10-11H,1,4-8H2,2-3H3. The molecule has 146 valence electrons. The molecule has 0 amide bonds. The molecular weight excluding hydrogens is 358 g/mol. The molecule has 0 radical (unpaired) electrons. The molecule has 25 heavy (non-hydrogen) atoms. The summed E-state index contributed by atoms with van der Waals surface area (Å²) in [6.45, 7) is 3.33. The van der Waals surface area contributed by atoms with Gasteiger partial charge in [0.05, 0.1) is 0 Å². The van der Waals surface area contributed by atoms with Gasteiger partial charge < -0.3 is 14.2 Å². The Kier molecular flexibility index (Phi) is 6.91. The molecule has 2 atom stereocenters. The second-order valence-electron chi connectivity index (χ2n) is 5.90. The van der Waals surface area contributed by atoms with E-state index in [0.717, 1.165) is 7.11 Å². The third-order valence-electron chi connectivity index (χ3n) is 4.08. The van der Waals surface area contributed by atoms with Crippen molar-refractivity contribution < 1.29 is 45.3 Å². The summed E-state index contributed by atoms with van der Waals surface area (Å²) in [5.41, 5.74) is -4.61. The van der Waals surface area contributed by atoms with Gasteiger partial charge in [0.15, 0.2) is 0 Å². The zero-order valence-corrected chi connectivity index (χ0v) is 13.8.